The fourth-order valence-electron chi connectivity index (χ4n) is 0.957. The van der Waals surface area contributed by atoms with Gasteiger partial charge in [0.05, 0.1) is 0 Å². The smallest absolute Gasteiger partial charge is 0.351 e. The van der Waals surface area contributed by atoms with Crippen molar-refractivity contribution < 1.29 is 35.1 Å². The molecule has 0 saturated carbocycles. The fourth-order valence-corrected chi connectivity index (χ4v) is 2.87. The zero-order chi connectivity index (χ0) is 10.2. The standard InChI is InChI=1S/C8H20O4Si.Cr/c1-5-9-13(10-6-2,11-7-3)12-8-4;/h5-8H2,1-4H3;. The quantitative estimate of drug-likeness (QED) is 0.621. The molecule has 0 aromatic rings. The molecule has 0 aliphatic rings. The summed E-state index contributed by atoms with van der Waals surface area (Å²) in [7, 11) is -2.80. The Morgan fingerprint density at radius 3 is 1.00 bits per heavy atom. The largest absolute Gasteiger partial charge is 0.679 e. The van der Waals surface area contributed by atoms with E-state index in [1.807, 2.05) is 27.7 Å². The molecular weight excluding hydrogens is 240 g/mol. The van der Waals surface area contributed by atoms with Crippen LogP contribution in [0, 0.1) is 0 Å². The molecule has 0 aliphatic heterocycles. The maximum Gasteiger partial charge on any atom is 0.679 e. The van der Waals surface area contributed by atoms with Crippen molar-refractivity contribution in [2.75, 3.05) is 26.4 Å². The first-order valence-electron chi connectivity index (χ1n) is 4.80. The van der Waals surface area contributed by atoms with Crippen LogP contribution in [0.25, 0.3) is 0 Å². The van der Waals surface area contributed by atoms with Crippen LogP contribution in [0.1, 0.15) is 27.7 Å². The molecule has 14 heavy (non-hydrogen) atoms. The van der Waals surface area contributed by atoms with Crippen molar-refractivity contribution in [3.05, 3.63) is 0 Å². The van der Waals surface area contributed by atoms with Gasteiger partial charge in [0.2, 0.25) is 0 Å². The molecule has 0 rings (SSSR count). The zero-order valence-corrected chi connectivity index (χ0v) is 11.6. The van der Waals surface area contributed by atoms with Crippen molar-refractivity contribution >= 4 is 9.05 Å². The molecule has 0 amide bonds. The molecular formula is C8H20CrO4Si. The van der Waals surface area contributed by atoms with Crippen LogP contribution in [-0.4, -0.2) is 35.5 Å². The van der Waals surface area contributed by atoms with Gasteiger partial charge in [-0.2, -0.15) is 0 Å². The summed E-state index contributed by atoms with van der Waals surface area (Å²) >= 11 is 0. The summed E-state index contributed by atoms with van der Waals surface area (Å²) in [5, 5.41) is 0. The Bertz CT molecular complexity index is 96.4. The third-order valence-corrected chi connectivity index (χ3v) is 3.85. The molecule has 6 heteroatoms. The summed E-state index contributed by atoms with van der Waals surface area (Å²) in [6.07, 6.45) is 0. The topological polar surface area (TPSA) is 36.9 Å². The Morgan fingerprint density at radius 2 is 0.857 bits per heavy atom. The van der Waals surface area contributed by atoms with Gasteiger partial charge in [0.25, 0.3) is 0 Å². The molecule has 86 valence electrons. The molecule has 0 spiro atoms. The summed E-state index contributed by atoms with van der Waals surface area (Å²) in [4.78, 5) is 0. The van der Waals surface area contributed by atoms with Gasteiger partial charge in [0.15, 0.2) is 0 Å². The van der Waals surface area contributed by atoms with Crippen LogP contribution >= 0.6 is 0 Å². The second-order valence-electron chi connectivity index (χ2n) is 2.23. The molecule has 0 saturated heterocycles. The summed E-state index contributed by atoms with van der Waals surface area (Å²) < 4.78 is 21.7. The van der Waals surface area contributed by atoms with Gasteiger partial charge in [-0.25, -0.2) is 0 Å². The van der Waals surface area contributed by atoms with Crippen molar-refractivity contribution in [1.82, 2.24) is 0 Å². The maximum absolute atomic E-state index is 5.42. The second-order valence-corrected chi connectivity index (χ2v) is 4.39. The zero-order valence-electron chi connectivity index (χ0n) is 9.37. The van der Waals surface area contributed by atoms with Gasteiger partial charge >= 0.3 is 9.05 Å². The molecule has 0 radical (unpaired) electrons. The minimum Gasteiger partial charge on any atom is -0.351 e. The molecule has 0 bridgehead atoms. The minimum atomic E-state index is -2.80. The van der Waals surface area contributed by atoms with Crippen LogP contribution in [0.3, 0.4) is 0 Å². The predicted octanol–water partition coefficient (Wildman–Crippen LogP) is 1.57. The van der Waals surface area contributed by atoms with Crippen molar-refractivity contribution in [3.8, 4) is 0 Å². The third-order valence-electron chi connectivity index (χ3n) is 1.28. The second kappa shape index (κ2) is 10.1. The normalized spacial score (nSPS) is 11.1. The van der Waals surface area contributed by atoms with Crippen LogP contribution in [0.5, 0.6) is 0 Å². The first-order valence-corrected chi connectivity index (χ1v) is 6.43. The average Bonchev–Trinajstić information content (AvgIpc) is 2.06. The van der Waals surface area contributed by atoms with Crippen LogP contribution in [0.15, 0.2) is 0 Å². The van der Waals surface area contributed by atoms with E-state index >= 15 is 0 Å². The Labute approximate surface area is 98.5 Å². The van der Waals surface area contributed by atoms with Gasteiger partial charge in [-0.05, 0) is 27.7 Å². The van der Waals surface area contributed by atoms with E-state index in [-0.39, 0.29) is 17.4 Å². The van der Waals surface area contributed by atoms with E-state index in [9.17, 15) is 0 Å². The Morgan fingerprint density at radius 1 is 0.643 bits per heavy atom. The molecule has 4 nitrogen and oxygen atoms in total. The van der Waals surface area contributed by atoms with Crippen molar-refractivity contribution in [2.45, 2.75) is 27.7 Å². The maximum atomic E-state index is 5.42. The van der Waals surface area contributed by atoms with Gasteiger partial charge < -0.3 is 17.7 Å². The Hall–Kier alpha value is 0.589. The summed E-state index contributed by atoms with van der Waals surface area (Å²) in [5.74, 6) is 0. The fraction of sp³-hybridized carbons (Fsp3) is 1.00. The Balaban J connectivity index is 0. The predicted molar refractivity (Wildman–Crippen MR) is 52.3 cm³/mol. The Kier molecular flexibility index (Phi) is 12.3. The number of hydrogen-bond donors (Lipinski definition) is 0. The molecule has 0 unspecified atom stereocenters. The number of hydrogen-bond acceptors (Lipinski definition) is 4. The van der Waals surface area contributed by atoms with Gasteiger partial charge in [-0.3, -0.25) is 0 Å². The van der Waals surface area contributed by atoms with E-state index < -0.39 is 9.05 Å². The van der Waals surface area contributed by atoms with E-state index in [0.29, 0.717) is 26.4 Å². The van der Waals surface area contributed by atoms with Crippen LogP contribution in [0.4, 0.5) is 0 Å². The minimum absolute atomic E-state index is 0. The first-order chi connectivity index (χ1) is 6.24. The van der Waals surface area contributed by atoms with E-state index in [1.54, 1.807) is 0 Å². The van der Waals surface area contributed by atoms with E-state index in [1.165, 1.54) is 0 Å². The molecule has 0 aromatic carbocycles. The molecule has 0 aromatic heterocycles. The molecule has 0 N–H and O–H groups in total. The molecule has 0 aliphatic carbocycles. The van der Waals surface area contributed by atoms with E-state index in [2.05, 4.69) is 0 Å². The van der Waals surface area contributed by atoms with Gasteiger partial charge in [-0.1, -0.05) is 0 Å². The van der Waals surface area contributed by atoms with E-state index in [4.69, 9.17) is 17.7 Å². The number of rotatable bonds is 8. The van der Waals surface area contributed by atoms with E-state index in [0.717, 1.165) is 0 Å². The van der Waals surface area contributed by atoms with Crippen LogP contribution < -0.4 is 0 Å². The van der Waals surface area contributed by atoms with Gasteiger partial charge in [0.1, 0.15) is 0 Å². The summed E-state index contributed by atoms with van der Waals surface area (Å²) in [5.41, 5.74) is 0. The monoisotopic (exact) mass is 260 g/mol. The SMILES string of the molecule is CCO[Si](OCC)(OCC)OCC.[Cr]. The first kappa shape index (κ1) is 17.0. The third kappa shape index (κ3) is 6.14. The van der Waals surface area contributed by atoms with Crippen molar-refractivity contribution in [2.24, 2.45) is 0 Å². The molecule has 0 atom stereocenters. The van der Waals surface area contributed by atoms with Crippen molar-refractivity contribution in [3.63, 3.8) is 0 Å². The molecule has 0 heterocycles. The average molecular weight is 260 g/mol. The molecule has 0 fully saturated rings. The van der Waals surface area contributed by atoms with Crippen LogP contribution in [0.2, 0.25) is 0 Å². The van der Waals surface area contributed by atoms with Crippen molar-refractivity contribution in [1.29, 1.82) is 0 Å². The van der Waals surface area contributed by atoms with Gasteiger partial charge in [0, 0.05) is 43.8 Å². The van der Waals surface area contributed by atoms with Crippen LogP contribution in [-0.2, 0) is 35.1 Å². The summed E-state index contributed by atoms with van der Waals surface area (Å²) in [6, 6.07) is 0. The van der Waals surface area contributed by atoms with Gasteiger partial charge in [-0.15, -0.1) is 0 Å². The summed E-state index contributed by atoms with van der Waals surface area (Å²) in [6.45, 7) is 9.80.